The lowest BCUT2D eigenvalue weighted by molar-refractivity contribution is 0.0696. The van der Waals surface area contributed by atoms with Crippen LogP contribution in [0.2, 0.25) is 0 Å². The molecule has 0 aliphatic rings. The number of carboxylic acids is 1. The summed E-state index contributed by atoms with van der Waals surface area (Å²) >= 11 is 3.11. The van der Waals surface area contributed by atoms with Gasteiger partial charge in [0.15, 0.2) is 0 Å². The van der Waals surface area contributed by atoms with Gasteiger partial charge in [0.1, 0.15) is 0 Å². The average molecular weight is 346 g/mol. The number of halogens is 1. The third-order valence-electron chi connectivity index (χ3n) is 2.42. The molecule has 1 aromatic carbocycles. The minimum atomic E-state index is -3.82. The van der Waals surface area contributed by atoms with Crippen LogP contribution in [0.5, 0.6) is 0 Å². The van der Waals surface area contributed by atoms with E-state index < -0.39 is 16.0 Å². The van der Waals surface area contributed by atoms with Crippen LogP contribution in [0.3, 0.4) is 0 Å². The Bertz CT molecular complexity index is 634. The van der Waals surface area contributed by atoms with Gasteiger partial charge >= 0.3 is 5.97 Å². The molecule has 0 fully saturated rings. The Kier molecular flexibility index (Phi) is 5.11. The average Bonchev–Trinajstić information content (AvgIpc) is 2.35. The van der Waals surface area contributed by atoms with Crippen molar-refractivity contribution in [1.29, 1.82) is 0 Å². The zero-order valence-corrected chi connectivity index (χ0v) is 12.5. The molecule has 0 saturated carbocycles. The van der Waals surface area contributed by atoms with Crippen molar-refractivity contribution in [3.63, 3.8) is 0 Å². The van der Waals surface area contributed by atoms with E-state index in [-0.39, 0.29) is 23.5 Å². The molecule has 0 aliphatic carbocycles. The Morgan fingerprint density at radius 1 is 1.53 bits per heavy atom. The highest BCUT2D eigenvalue weighted by Gasteiger charge is 2.25. The molecule has 0 radical (unpaired) electrons. The van der Waals surface area contributed by atoms with Crippen LogP contribution in [0.4, 0.5) is 0 Å². The number of benzene rings is 1. The number of carboxylic acid groups (broad SMARTS) is 1. The standard InChI is InChI=1S/C12H12BrNO4S/c1-3-7-14(4-2)19(17,18)11-8-9(12(15)16)5-6-10(11)13/h1,5-6,8H,4,7H2,2H3,(H,15,16). The van der Waals surface area contributed by atoms with Gasteiger partial charge in [-0.1, -0.05) is 12.8 Å². The van der Waals surface area contributed by atoms with Crippen molar-refractivity contribution in [3.05, 3.63) is 28.2 Å². The first-order chi connectivity index (χ1) is 8.84. The van der Waals surface area contributed by atoms with Gasteiger partial charge in [-0.2, -0.15) is 4.31 Å². The maximum absolute atomic E-state index is 12.4. The van der Waals surface area contributed by atoms with Gasteiger partial charge in [0, 0.05) is 11.0 Å². The largest absolute Gasteiger partial charge is 0.478 e. The predicted molar refractivity (Wildman–Crippen MR) is 74.4 cm³/mol. The van der Waals surface area contributed by atoms with Gasteiger partial charge in [0.25, 0.3) is 0 Å². The number of aromatic carboxylic acids is 1. The van der Waals surface area contributed by atoms with E-state index in [2.05, 4.69) is 21.9 Å². The van der Waals surface area contributed by atoms with Crippen LogP contribution in [0.15, 0.2) is 27.6 Å². The highest BCUT2D eigenvalue weighted by molar-refractivity contribution is 9.10. The number of hydrogen-bond donors (Lipinski definition) is 1. The monoisotopic (exact) mass is 345 g/mol. The number of carbonyl (C=O) groups is 1. The van der Waals surface area contributed by atoms with Crippen molar-refractivity contribution in [2.24, 2.45) is 0 Å². The molecule has 19 heavy (non-hydrogen) atoms. The normalized spacial score (nSPS) is 11.3. The Morgan fingerprint density at radius 3 is 2.63 bits per heavy atom. The smallest absolute Gasteiger partial charge is 0.335 e. The molecule has 1 rings (SSSR count). The fourth-order valence-corrected chi connectivity index (χ4v) is 3.75. The first kappa shape index (κ1) is 15.7. The molecule has 1 aromatic rings. The Balaban J connectivity index is 3.39. The molecule has 0 unspecified atom stereocenters. The highest BCUT2D eigenvalue weighted by Crippen LogP contribution is 2.26. The Labute approximate surface area is 120 Å². The molecule has 1 N–H and O–H groups in total. The summed E-state index contributed by atoms with van der Waals surface area (Å²) in [5, 5.41) is 8.91. The van der Waals surface area contributed by atoms with Crippen molar-refractivity contribution < 1.29 is 18.3 Å². The Morgan fingerprint density at radius 2 is 2.16 bits per heavy atom. The fourth-order valence-electron chi connectivity index (χ4n) is 1.44. The number of sulfonamides is 1. The Hall–Kier alpha value is -1.36. The molecular weight excluding hydrogens is 334 g/mol. The lowest BCUT2D eigenvalue weighted by Crippen LogP contribution is -2.31. The van der Waals surface area contributed by atoms with Crippen molar-refractivity contribution in [2.45, 2.75) is 11.8 Å². The molecule has 0 amide bonds. The SMILES string of the molecule is C#CCN(CC)S(=O)(=O)c1cc(C(=O)O)ccc1Br. The summed E-state index contributed by atoms with van der Waals surface area (Å²) in [6.07, 6.45) is 5.13. The zero-order chi connectivity index (χ0) is 14.6. The molecule has 102 valence electrons. The first-order valence-corrected chi connectivity index (χ1v) is 7.54. The van der Waals surface area contributed by atoms with E-state index in [9.17, 15) is 13.2 Å². The molecule has 0 spiro atoms. The lowest BCUT2D eigenvalue weighted by atomic mass is 10.2. The van der Waals surface area contributed by atoms with Crippen molar-refractivity contribution in [3.8, 4) is 12.3 Å². The summed E-state index contributed by atoms with van der Waals surface area (Å²) in [7, 11) is -3.82. The number of rotatable bonds is 5. The molecule has 0 bridgehead atoms. The van der Waals surface area contributed by atoms with E-state index in [1.807, 2.05) is 0 Å². The van der Waals surface area contributed by atoms with Gasteiger partial charge in [0.2, 0.25) is 10.0 Å². The minimum Gasteiger partial charge on any atom is -0.478 e. The van der Waals surface area contributed by atoms with Crippen LogP contribution < -0.4 is 0 Å². The fraction of sp³-hybridized carbons (Fsp3) is 0.250. The minimum absolute atomic E-state index is 0.0669. The molecule has 7 heteroatoms. The van der Waals surface area contributed by atoms with Gasteiger partial charge in [-0.3, -0.25) is 0 Å². The molecular formula is C12H12BrNO4S. The van der Waals surface area contributed by atoms with Crippen LogP contribution in [0, 0.1) is 12.3 Å². The molecule has 0 aliphatic heterocycles. The van der Waals surface area contributed by atoms with Gasteiger partial charge in [-0.25, -0.2) is 13.2 Å². The second-order valence-electron chi connectivity index (χ2n) is 3.59. The topological polar surface area (TPSA) is 74.7 Å². The van der Waals surface area contributed by atoms with Gasteiger partial charge < -0.3 is 5.11 Å². The molecule has 0 heterocycles. The summed E-state index contributed by atoms with van der Waals surface area (Å²) in [5.41, 5.74) is -0.0986. The lowest BCUT2D eigenvalue weighted by Gasteiger charge is -2.18. The van der Waals surface area contributed by atoms with E-state index in [0.717, 1.165) is 10.4 Å². The number of nitrogens with zero attached hydrogens (tertiary/aromatic N) is 1. The molecule has 0 saturated heterocycles. The molecule has 0 atom stereocenters. The third kappa shape index (κ3) is 3.35. The number of hydrogen-bond acceptors (Lipinski definition) is 3. The molecule has 5 nitrogen and oxygen atoms in total. The second kappa shape index (κ2) is 6.19. The molecule has 0 aromatic heterocycles. The maximum Gasteiger partial charge on any atom is 0.335 e. The highest BCUT2D eigenvalue weighted by atomic mass is 79.9. The van der Waals surface area contributed by atoms with E-state index >= 15 is 0 Å². The van der Waals surface area contributed by atoms with Crippen molar-refractivity contribution >= 4 is 31.9 Å². The van der Waals surface area contributed by atoms with Gasteiger partial charge in [0.05, 0.1) is 17.0 Å². The van der Waals surface area contributed by atoms with Crippen LogP contribution >= 0.6 is 15.9 Å². The maximum atomic E-state index is 12.4. The van der Waals surface area contributed by atoms with Gasteiger partial charge in [-0.15, -0.1) is 6.42 Å². The van der Waals surface area contributed by atoms with Crippen molar-refractivity contribution in [2.75, 3.05) is 13.1 Å². The van der Waals surface area contributed by atoms with E-state index in [1.165, 1.54) is 12.1 Å². The summed E-state index contributed by atoms with van der Waals surface area (Å²) < 4.78 is 26.1. The second-order valence-corrected chi connectivity index (χ2v) is 6.35. The summed E-state index contributed by atoms with van der Waals surface area (Å²) in [6, 6.07) is 3.82. The quantitative estimate of drug-likeness (QED) is 0.825. The summed E-state index contributed by atoms with van der Waals surface area (Å²) in [5.74, 6) is 1.08. The van der Waals surface area contributed by atoms with Crippen molar-refractivity contribution in [1.82, 2.24) is 4.31 Å². The summed E-state index contributed by atoms with van der Waals surface area (Å²) in [6.45, 7) is 1.79. The van der Waals surface area contributed by atoms with Crippen LogP contribution in [-0.2, 0) is 10.0 Å². The van der Waals surface area contributed by atoms with Gasteiger partial charge in [-0.05, 0) is 34.1 Å². The first-order valence-electron chi connectivity index (χ1n) is 5.31. The van der Waals surface area contributed by atoms with Crippen LogP contribution in [0.1, 0.15) is 17.3 Å². The van der Waals surface area contributed by atoms with E-state index in [1.54, 1.807) is 6.92 Å². The van der Waals surface area contributed by atoms with E-state index in [0.29, 0.717) is 4.47 Å². The van der Waals surface area contributed by atoms with Crippen LogP contribution in [-0.4, -0.2) is 36.9 Å². The number of terminal acetylenes is 1. The summed E-state index contributed by atoms with van der Waals surface area (Å²) in [4.78, 5) is 10.8. The van der Waals surface area contributed by atoms with E-state index in [4.69, 9.17) is 11.5 Å². The third-order valence-corrected chi connectivity index (χ3v) is 5.33. The van der Waals surface area contributed by atoms with Crippen LogP contribution in [0.25, 0.3) is 0 Å². The zero-order valence-electron chi connectivity index (χ0n) is 10.1. The predicted octanol–water partition coefficient (Wildman–Crippen LogP) is 1.79.